The van der Waals surface area contributed by atoms with Gasteiger partial charge in [-0.05, 0) is 0 Å². The summed E-state index contributed by atoms with van der Waals surface area (Å²) >= 11 is 0. The quantitative estimate of drug-likeness (QED) is 0.356. The summed E-state index contributed by atoms with van der Waals surface area (Å²) in [6.45, 7) is 0. The van der Waals surface area contributed by atoms with Crippen LogP contribution in [0.4, 0.5) is 0 Å². The van der Waals surface area contributed by atoms with Gasteiger partial charge in [0.1, 0.15) is 0 Å². The monoisotopic (exact) mass is 364 g/mol. The third kappa shape index (κ3) is 16.5. The van der Waals surface area contributed by atoms with Crippen molar-refractivity contribution in [3.8, 4) is 0 Å². The van der Waals surface area contributed by atoms with E-state index in [9.17, 15) is 0 Å². The van der Waals surface area contributed by atoms with Gasteiger partial charge in [0.15, 0.2) is 0 Å². The minimum absolute atomic E-state index is 0. The largest absolute Gasteiger partial charge is 2.00 e. The third-order valence-electron chi connectivity index (χ3n) is 2.22. The summed E-state index contributed by atoms with van der Waals surface area (Å²) in [5.41, 5.74) is 0. The maximum Gasteiger partial charge on any atom is 2.00 e. The van der Waals surface area contributed by atoms with Crippen LogP contribution in [0.2, 0.25) is 0 Å². The zero-order valence-electron chi connectivity index (χ0n) is 12.4. The Morgan fingerprint density at radius 2 is 0.409 bits per heavy atom. The molecule has 0 aromatic heterocycles. The van der Waals surface area contributed by atoms with Gasteiger partial charge in [-0.15, -0.1) is 0 Å². The van der Waals surface area contributed by atoms with Crippen LogP contribution in [0.1, 0.15) is 0 Å². The first kappa shape index (κ1) is 22.7. The van der Waals surface area contributed by atoms with Gasteiger partial charge in [-0.3, -0.25) is 0 Å². The summed E-state index contributed by atoms with van der Waals surface area (Å²) in [6, 6.07) is 40.0. The van der Waals surface area contributed by atoms with Crippen LogP contribution in [0.3, 0.4) is 0 Å². The normalized spacial score (nSPS) is 7.27. The fraction of sp³-hybridized carbons (Fsp3) is 0. The fourth-order valence-electron chi connectivity index (χ4n) is 1.28. The van der Waals surface area contributed by atoms with Crippen LogP contribution in [0.5, 0.6) is 0 Å². The molecule has 0 radical (unpaired) electrons. The second-order valence-electron chi connectivity index (χ2n) is 3.85. The van der Waals surface area contributed by atoms with Crippen LogP contribution in [0.25, 0.3) is 0 Å². The smallest absolute Gasteiger partial charge is 0.214 e. The summed E-state index contributed by atoms with van der Waals surface area (Å²) in [6.07, 6.45) is 0. The van der Waals surface area contributed by atoms with Gasteiger partial charge in [0, 0.05) is 0 Å². The maximum atomic E-state index is 2.00. The summed E-state index contributed by atoms with van der Waals surface area (Å²) < 4.78 is 0. The average molecular weight is 364 g/mol. The molecule has 0 bridgehead atoms. The minimum Gasteiger partial charge on any atom is -0.214 e. The molecule has 0 spiro atoms. The summed E-state index contributed by atoms with van der Waals surface area (Å²) in [5, 5.41) is 0. The van der Waals surface area contributed by atoms with Gasteiger partial charge in [-0.1, -0.05) is 0 Å². The van der Waals surface area contributed by atoms with Crippen molar-refractivity contribution in [3.63, 3.8) is 0 Å². The zero-order valence-corrected chi connectivity index (χ0v) is 14.9. The molecular weight excluding hydrogens is 344 g/mol. The van der Waals surface area contributed by atoms with Crippen molar-refractivity contribution in [1.29, 1.82) is 0 Å². The van der Waals surface area contributed by atoms with Crippen molar-refractivity contribution in [2.75, 3.05) is 0 Å². The molecule has 4 aromatic rings. The maximum absolute atomic E-state index is 2.00. The van der Waals surface area contributed by atoms with Crippen LogP contribution in [0, 0.1) is 0 Å². The molecule has 0 aliphatic rings. The van der Waals surface area contributed by atoms with E-state index in [1.807, 2.05) is 121 Å². The van der Waals surface area contributed by atoms with Crippen molar-refractivity contribution in [2.24, 2.45) is 0 Å². The third-order valence-corrected chi connectivity index (χ3v) is 2.22. The second-order valence-corrected chi connectivity index (χ2v) is 3.85. The molecule has 0 nitrogen and oxygen atoms in total. The predicted octanol–water partition coefficient (Wildman–Crippen LogP) is 5.62. The van der Waals surface area contributed by atoms with Gasteiger partial charge < -0.3 is 0 Å². The Kier molecular flexibility index (Phi) is 20.1. The Bertz CT molecular complexity index is 341. The summed E-state index contributed by atoms with van der Waals surface area (Å²) in [7, 11) is 0. The molecule has 4 rings (SSSR count). The van der Waals surface area contributed by atoms with Crippen molar-refractivity contribution < 1.29 is 34.7 Å². The Morgan fingerprint density at radius 3 is 0.455 bits per heavy atom. The van der Waals surface area contributed by atoms with E-state index in [0.717, 1.165) is 0 Å². The molecule has 0 heterocycles. The topological polar surface area (TPSA) is 0 Å². The van der Waals surface area contributed by atoms with Gasteiger partial charge in [-0.2, -0.15) is 72.8 Å². The van der Waals surface area contributed by atoms with E-state index >= 15 is 0 Å². The van der Waals surface area contributed by atoms with Crippen LogP contribution in [-0.4, -0.2) is 0 Å². The molecule has 112 valence electrons. The minimum atomic E-state index is 0. The van der Waals surface area contributed by atoms with Gasteiger partial charge in [0.2, 0.25) is 0 Å². The van der Waals surface area contributed by atoms with Crippen molar-refractivity contribution in [3.05, 3.63) is 121 Å². The van der Waals surface area contributed by atoms with Crippen molar-refractivity contribution in [1.82, 2.24) is 0 Å². The first-order valence-electron chi connectivity index (χ1n) is 6.67. The second kappa shape index (κ2) is 19.5. The van der Waals surface area contributed by atoms with E-state index in [1.165, 1.54) is 0 Å². The van der Waals surface area contributed by atoms with Gasteiger partial charge in [0.25, 0.3) is 0 Å². The molecule has 0 atom stereocenters. The van der Waals surface area contributed by atoms with E-state index in [1.54, 1.807) is 0 Å². The molecule has 22 heavy (non-hydrogen) atoms. The molecule has 2 heteroatoms. The van der Waals surface area contributed by atoms with Crippen LogP contribution in [0.15, 0.2) is 121 Å². The fourth-order valence-corrected chi connectivity index (χ4v) is 1.28. The summed E-state index contributed by atoms with van der Waals surface area (Å²) in [5.74, 6) is 0. The van der Waals surface area contributed by atoms with Crippen LogP contribution in [-0.2, 0) is 34.7 Å². The van der Waals surface area contributed by atoms with Gasteiger partial charge in [0.05, 0.1) is 0 Å². The van der Waals surface area contributed by atoms with E-state index in [2.05, 4.69) is 0 Å². The van der Waals surface area contributed by atoms with Gasteiger partial charge in [-0.25, -0.2) is 48.5 Å². The van der Waals surface area contributed by atoms with E-state index in [0.29, 0.717) is 0 Å². The first-order chi connectivity index (χ1) is 10.0. The van der Waals surface area contributed by atoms with Crippen LogP contribution >= 0.6 is 0 Å². The van der Waals surface area contributed by atoms with Crippen LogP contribution < -0.4 is 0 Å². The molecule has 0 fully saturated rings. The van der Waals surface area contributed by atoms with Crippen molar-refractivity contribution >= 4 is 0 Å². The Labute approximate surface area is 155 Å². The number of hydrogen-bond donors (Lipinski definition) is 0. The SMILES string of the molecule is [Cr+2].[Cr+2].c1cc[cH-]c1.c1cc[cH-]c1.c1cc[cH-]c1.c1cc[cH-]c1. The Balaban J connectivity index is 0. The molecule has 0 saturated carbocycles. The molecular formula is C20H20Cr2. The predicted molar refractivity (Wildman–Crippen MR) is 88.1 cm³/mol. The molecule has 0 saturated heterocycles. The Hall–Kier alpha value is -1.54. The number of hydrogen-bond acceptors (Lipinski definition) is 0. The summed E-state index contributed by atoms with van der Waals surface area (Å²) in [4.78, 5) is 0. The molecule has 0 amide bonds. The average Bonchev–Trinajstić information content (AvgIpc) is 3.40. The van der Waals surface area contributed by atoms with Crippen molar-refractivity contribution in [2.45, 2.75) is 0 Å². The van der Waals surface area contributed by atoms with Gasteiger partial charge >= 0.3 is 34.7 Å². The Morgan fingerprint density at radius 1 is 0.273 bits per heavy atom. The molecule has 4 aromatic carbocycles. The van der Waals surface area contributed by atoms with E-state index < -0.39 is 0 Å². The molecule has 0 aliphatic carbocycles. The molecule has 0 unspecified atom stereocenters. The zero-order chi connectivity index (χ0) is 14.1. The first-order valence-corrected chi connectivity index (χ1v) is 6.67. The molecule has 0 N–H and O–H groups in total. The van der Waals surface area contributed by atoms with E-state index in [-0.39, 0.29) is 34.7 Å². The standard InChI is InChI=1S/4C5H5.2Cr/c4*1-2-4-5-3-1;;/h4*1-5H;;/q4*-1;2*+2. The number of rotatable bonds is 0. The molecule has 0 aliphatic heterocycles. The van der Waals surface area contributed by atoms with E-state index in [4.69, 9.17) is 0 Å².